The Morgan fingerprint density at radius 2 is 0.936 bits per heavy atom. The van der Waals surface area contributed by atoms with Crippen LogP contribution in [0.4, 0.5) is 0 Å². The van der Waals surface area contributed by atoms with Gasteiger partial charge in [0.25, 0.3) is 0 Å². The summed E-state index contributed by atoms with van der Waals surface area (Å²) in [5.41, 5.74) is 0.882. The summed E-state index contributed by atoms with van der Waals surface area (Å²) in [6, 6.07) is 13.5. The van der Waals surface area contributed by atoms with Gasteiger partial charge in [-0.1, -0.05) is 62.9 Å². The van der Waals surface area contributed by atoms with E-state index in [9.17, 15) is 9.59 Å². The molecule has 0 radical (unpaired) electrons. The van der Waals surface area contributed by atoms with Gasteiger partial charge in [0.15, 0.2) is 0 Å². The molecule has 3 rings (SSSR count). The molecule has 0 heterocycles. The second-order valence-electron chi connectivity index (χ2n) is 10.2. The molecule has 0 amide bonds. The lowest BCUT2D eigenvalue weighted by Gasteiger charge is -2.18. The van der Waals surface area contributed by atoms with Gasteiger partial charge in [0.2, 0.25) is 0 Å². The van der Waals surface area contributed by atoms with Crippen LogP contribution < -0.4 is 9.47 Å². The molecule has 256 valence electrons. The smallest absolute Gasteiger partial charge is 0.333 e. The van der Waals surface area contributed by atoms with Gasteiger partial charge in [-0.15, -0.1) is 0 Å². The van der Waals surface area contributed by atoms with Crippen molar-refractivity contribution < 1.29 is 47.5 Å². The van der Waals surface area contributed by atoms with Crippen molar-refractivity contribution in [2.75, 3.05) is 79.3 Å². The lowest BCUT2D eigenvalue weighted by atomic mass is 10.0. The minimum absolute atomic E-state index is 0.170. The predicted molar refractivity (Wildman–Crippen MR) is 182 cm³/mol. The highest BCUT2D eigenvalue weighted by Gasteiger charge is 2.17. The van der Waals surface area contributed by atoms with E-state index in [0.29, 0.717) is 93.4 Å². The Kier molecular flexibility index (Phi) is 17.1. The van der Waals surface area contributed by atoms with Gasteiger partial charge in [0.1, 0.15) is 37.9 Å². The van der Waals surface area contributed by atoms with Crippen molar-refractivity contribution in [3.63, 3.8) is 0 Å². The summed E-state index contributed by atoms with van der Waals surface area (Å²) in [5.74, 6) is 0.615. The maximum absolute atomic E-state index is 11.6. The third-order valence-electron chi connectivity index (χ3n) is 6.93. The highest BCUT2D eigenvalue weighted by atomic mass is 35.5. The van der Waals surface area contributed by atoms with Gasteiger partial charge in [-0.3, -0.25) is 0 Å². The number of halogens is 1. The zero-order valence-electron chi connectivity index (χ0n) is 27.3. The first-order valence-corrected chi connectivity index (χ1v) is 16.1. The molecule has 0 atom stereocenters. The normalized spacial score (nSPS) is 11.0. The SMILES string of the molecule is C=C(CC)C(=O)OCCOCCOCCOc1c2ccccc2c(OCCOCCOCCOC(=O)C(=C)CC)c2cc(Cl)ccc12. The van der Waals surface area contributed by atoms with Gasteiger partial charge in [-0.2, -0.15) is 0 Å². The van der Waals surface area contributed by atoms with Crippen LogP contribution in [-0.2, 0) is 38.0 Å². The van der Waals surface area contributed by atoms with Crippen LogP contribution in [-0.4, -0.2) is 91.2 Å². The van der Waals surface area contributed by atoms with Crippen molar-refractivity contribution in [3.05, 3.63) is 71.8 Å². The second-order valence-corrected chi connectivity index (χ2v) is 10.7. The van der Waals surface area contributed by atoms with Gasteiger partial charge in [0.05, 0.1) is 52.9 Å². The molecule has 0 aliphatic rings. The van der Waals surface area contributed by atoms with Gasteiger partial charge < -0.3 is 37.9 Å². The van der Waals surface area contributed by atoms with E-state index in [0.717, 1.165) is 21.5 Å². The fourth-order valence-electron chi connectivity index (χ4n) is 4.31. The highest BCUT2D eigenvalue weighted by Crippen LogP contribution is 2.43. The van der Waals surface area contributed by atoms with Crippen molar-refractivity contribution in [2.45, 2.75) is 26.7 Å². The molecule has 11 heteroatoms. The summed E-state index contributed by atoms with van der Waals surface area (Å²) >= 11 is 6.40. The Bertz CT molecular complexity index is 1470. The molecule has 0 saturated carbocycles. The molecule has 0 fully saturated rings. The summed E-state index contributed by atoms with van der Waals surface area (Å²) in [7, 11) is 0. The Morgan fingerprint density at radius 3 is 1.38 bits per heavy atom. The summed E-state index contributed by atoms with van der Waals surface area (Å²) in [4.78, 5) is 23.2. The lowest BCUT2D eigenvalue weighted by Crippen LogP contribution is -2.15. The van der Waals surface area contributed by atoms with Gasteiger partial charge in [0, 0.05) is 37.7 Å². The lowest BCUT2D eigenvalue weighted by molar-refractivity contribution is -0.141. The molecule has 0 aliphatic carbocycles. The Labute approximate surface area is 281 Å². The minimum atomic E-state index is -0.398. The van der Waals surface area contributed by atoms with Crippen LogP contribution in [0.25, 0.3) is 21.5 Å². The van der Waals surface area contributed by atoms with Crippen molar-refractivity contribution in [1.82, 2.24) is 0 Å². The average molecular weight is 673 g/mol. The highest BCUT2D eigenvalue weighted by molar-refractivity contribution is 6.31. The summed E-state index contributed by atoms with van der Waals surface area (Å²) in [6.45, 7) is 14.7. The molecule has 0 bridgehead atoms. The first-order valence-electron chi connectivity index (χ1n) is 15.8. The molecule has 0 spiro atoms. The molecule has 0 saturated heterocycles. The predicted octanol–water partition coefficient (Wildman–Crippen LogP) is 6.49. The third kappa shape index (κ3) is 12.5. The number of carbonyl (C=O) groups excluding carboxylic acids is 2. The van der Waals surface area contributed by atoms with Crippen LogP contribution in [0.2, 0.25) is 5.02 Å². The van der Waals surface area contributed by atoms with Crippen molar-refractivity contribution >= 4 is 45.1 Å². The first-order chi connectivity index (χ1) is 22.9. The average Bonchev–Trinajstić information content (AvgIpc) is 3.09. The van der Waals surface area contributed by atoms with Crippen LogP contribution >= 0.6 is 11.6 Å². The molecule has 3 aromatic rings. The number of fused-ring (bicyclic) bond motifs is 2. The molecule has 0 unspecified atom stereocenters. The molecular formula is C36H45ClO10. The second kappa shape index (κ2) is 21.3. The molecular weight excluding hydrogens is 628 g/mol. The van der Waals surface area contributed by atoms with E-state index >= 15 is 0 Å². The largest absolute Gasteiger partial charge is 0.490 e. The molecule has 0 aliphatic heterocycles. The number of ether oxygens (including phenoxy) is 8. The minimum Gasteiger partial charge on any atom is -0.490 e. The standard InChI is InChI=1S/C36H45ClO10/c1-5-26(3)35(38)46-23-19-42-15-13-40-17-21-44-33-29-9-7-8-10-30(29)34(32-25-28(37)11-12-31(32)33)45-22-18-41-14-16-43-20-24-47-36(39)27(4)6-2/h7-12,25H,3-6,13-24H2,1-2H3. The van der Waals surface area contributed by atoms with Crippen LogP contribution in [0.15, 0.2) is 66.8 Å². The Hall–Kier alpha value is -3.67. The van der Waals surface area contributed by atoms with Crippen molar-refractivity contribution in [2.24, 2.45) is 0 Å². The van der Waals surface area contributed by atoms with Crippen LogP contribution in [0.1, 0.15) is 26.7 Å². The van der Waals surface area contributed by atoms with Crippen molar-refractivity contribution in [3.8, 4) is 11.5 Å². The van der Waals surface area contributed by atoms with E-state index < -0.39 is 11.9 Å². The van der Waals surface area contributed by atoms with E-state index in [1.165, 1.54) is 0 Å². The zero-order chi connectivity index (χ0) is 33.9. The van der Waals surface area contributed by atoms with Crippen molar-refractivity contribution in [1.29, 1.82) is 0 Å². The molecule has 0 N–H and O–H groups in total. The van der Waals surface area contributed by atoms with E-state index in [1.54, 1.807) is 0 Å². The first kappa shape index (κ1) is 37.8. The summed E-state index contributed by atoms with van der Waals surface area (Å²) < 4.78 is 44.9. The Morgan fingerprint density at radius 1 is 0.553 bits per heavy atom. The molecule has 10 nitrogen and oxygen atoms in total. The summed E-state index contributed by atoms with van der Waals surface area (Å²) in [5, 5.41) is 4.06. The topological polar surface area (TPSA) is 108 Å². The fourth-order valence-corrected chi connectivity index (χ4v) is 4.48. The Balaban J connectivity index is 1.45. The van der Waals surface area contributed by atoms with Crippen LogP contribution in [0.3, 0.4) is 0 Å². The van der Waals surface area contributed by atoms with E-state index in [1.807, 2.05) is 56.3 Å². The number of carbonyl (C=O) groups is 2. The van der Waals surface area contributed by atoms with Crippen LogP contribution in [0, 0.1) is 0 Å². The number of benzene rings is 3. The van der Waals surface area contributed by atoms with Crippen LogP contribution in [0.5, 0.6) is 11.5 Å². The van der Waals surface area contributed by atoms with E-state index in [-0.39, 0.29) is 26.4 Å². The number of rotatable bonds is 24. The summed E-state index contributed by atoms with van der Waals surface area (Å²) in [6.07, 6.45) is 1.11. The molecule has 3 aromatic carbocycles. The van der Waals surface area contributed by atoms with Gasteiger partial charge in [-0.05, 0) is 31.0 Å². The maximum atomic E-state index is 11.6. The zero-order valence-corrected chi connectivity index (χ0v) is 28.1. The van der Waals surface area contributed by atoms with E-state index in [4.69, 9.17) is 49.5 Å². The quantitative estimate of drug-likeness (QED) is 0.0454. The van der Waals surface area contributed by atoms with Gasteiger partial charge >= 0.3 is 11.9 Å². The number of hydrogen-bond donors (Lipinski definition) is 0. The fraction of sp³-hybridized carbons (Fsp3) is 0.444. The third-order valence-corrected chi connectivity index (χ3v) is 7.17. The molecule has 0 aromatic heterocycles. The number of esters is 2. The monoisotopic (exact) mass is 672 g/mol. The van der Waals surface area contributed by atoms with Gasteiger partial charge in [-0.25, -0.2) is 9.59 Å². The maximum Gasteiger partial charge on any atom is 0.333 e. The molecule has 47 heavy (non-hydrogen) atoms. The number of hydrogen-bond acceptors (Lipinski definition) is 10. The van der Waals surface area contributed by atoms with E-state index in [2.05, 4.69) is 13.2 Å².